The normalized spacial score (nSPS) is 20.9. The van der Waals surface area contributed by atoms with E-state index >= 15 is 0 Å². The lowest BCUT2D eigenvalue weighted by Crippen LogP contribution is -2.30. The molecule has 1 saturated heterocycles. The molecule has 0 saturated carbocycles. The molecule has 0 aromatic carbocycles. The molecule has 0 bridgehead atoms. The molecule has 1 fully saturated rings. The molecule has 1 aromatic heterocycles. The van der Waals surface area contributed by atoms with Crippen LogP contribution in [0.2, 0.25) is 0 Å². The monoisotopic (exact) mass is 238 g/mol. The van der Waals surface area contributed by atoms with Crippen molar-refractivity contribution in [1.29, 1.82) is 0 Å². The van der Waals surface area contributed by atoms with Gasteiger partial charge in [0.1, 0.15) is 5.76 Å². The zero-order valence-electron chi connectivity index (χ0n) is 10.2. The van der Waals surface area contributed by atoms with Crippen LogP contribution in [0, 0.1) is 6.92 Å². The van der Waals surface area contributed by atoms with Crippen molar-refractivity contribution < 1.29 is 14.3 Å². The highest BCUT2D eigenvalue weighted by Crippen LogP contribution is 2.15. The van der Waals surface area contributed by atoms with Crippen LogP contribution in [0.3, 0.4) is 0 Å². The highest BCUT2D eigenvalue weighted by molar-refractivity contribution is 5.86. The van der Waals surface area contributed by atoms with Crippen molar-refractivity contribution in [3.05, 3.63) is 23.2 Å². The summed E-state index contributed by atoms with van der Waals surface area (Å²) in [6.07, 6.45) is 1.13. The number of rotatable bonds is 4. The number of likely N-dealkylation sites (N-methyl/N-ethyl adjacent to an activating group) is 1. The Labute approximate surface area is 100 Å². The van der Waals surface area contributed by atoms with Gasteiger partial charge in [-0.3, -0.25) is 0 Å². The summed E-state index contributed by atoms with van der Waals surface area (Å²) in [5.41, 5.74) is 0.679. The van der Waals surface area contributed by atoms with E-state index in [0.29, 0.717) is 23.9 Å². The molecule has 5 heteroatoms. The van der Waals surface area contributed by atoms with Crippen molar-refractivity contribution in [1.82, 2.24) is 10.2 Å². The molecule has 1 aliphatic rings. The summed E-state index contributed by atoms with van der Waals surface area (Å²) in [6.45, 7) is 4.48. The van der Waals surface area contributed by atoms with E-state index < -0.39 is 5.97 Å². The Bertz CT molecular complexity index is 414. The maximum atomic E-state index is 10.8. The Hall–Kier alpha value is -1.33. The molecule has 0 amide bonds. The van der Waals surface area contributed by atoms with Crippen molar-refractivity contribution in [2.24, 2.45) is 0 Å². The number of hydrogen-bond acceptors (Lipinski definition) is 4. The molecular formula is C12H18N2O3. The predicted octanol–water partition coefficient (Wildman–Crippen LogP) is 1.08. The topological polar surface area (TPSA) is 65.7 Å². The molecule has 2 heterocycles. The van der Waals surface area contributed by atoms with Crippen LogP contribution in [0.1, 0.15) is 28.3 Å². The Balaban J connectivity index is 1.91. The maximum absolute atomic E-state index is 10.8. The predicted molar refractivity (Wildman–Crippen MR) is 63.1 cm³/mol. The number of carboxylic acids is 1. The van der Waals surface area contributed by atoms with Gasteiger partial charge in [0.25, 0.3) is 0 Å². The van der Waals surface area contributed by atoms with E-state index in [-0.39, 0.29) is 5.76 Å². The third kappa shape index (κ3) is 2.87. The summed E-state index contributed by atoms with van der Waals surface area (Å²) in [6, 6.07) is 2.26. The molecule has 0 aliphatic carbocycles. The Morgan fingerprint density at radius 3 is 3.00 bits per heavy atom. The third-order valence-electron chi connectivity index (χ3n) is 3.12. The first-order valence-corrected chi connectivity index (χ1v) is 5.81. The summed E-state index contributed by atoms with van der Waals surface area (Å²) in [7, 11) is 2.10. The van der Waals surface area contributed by atoms with Crippen molar-refractivity contribution in [2.75, 3.05) is 20.1 Å². The molecule has 1 unspecified atom stereocenters. The van der Waals surface area contributed by atoms with Crippen molar-refractivity contribution in [3.8, 4) is 0 Å². The van der Waals surface area contributed by atoms with Crippen LogP contribution in [0.25, 0.3) is 0 Å². The molecule has 0 radical (unpaired) electrons. The molecule has 17 heavy (non-hydrogen) atoms. The number of furan rings is 1. The number of carbonyl (C=O) groups is 1. The van der Waals surface area contributed by atoms with Gasteiger partial charge in [-0.25, -0.2) is 4.79 Å². The smallest absolute Gasteiger partial charge is 0.372 e. The van der Waals surface area contributed by atoms with Gasteiger partial charge in [-0.15, -0.1) is 0 Å². The minimum absolute atomic E-state index is 0.0466. The van der Waals surface area contributed by atoms with E-state index in [1.165, 1.54) is 0 Å². The van der Waals surface area contributed by atoms with Gasteiger partial charge in [0.05, 0.1) is 6.54 Å². The van der Waals surface area contributed by atoms with E-state index in [1.54, 1.807) is 13.0 Å². The van der Waals surface area contributed by atoms with Crippen molar-refractivity contribution in [2.45, 2.75) is 25.9 Å². The van der Waals surface area contributed by atoms with Crippen LogP contribution >= 0.6 is 0 Å². The average Bonchev–Trinajstić information content (AvgIpc) is 2.82. The SMILES string of the molecule is Cc1cc(CNC2CCN(C)C2)oc1C(=O)O. The van der Waals surface area contributed by atoms with Gasteiger partial charge in [-0.05, 0) is 33.0 Å². The number of nitrogens with one attached hydrogen (secondary N) is 1. The Morgan fingerprint density at radius 1 is 1.71 bits per heavy atom. The second-order valence-electron chi connectivity index (χ2n) is 4.66. The van der Waals surface area contributed by atoms with E-state index in [0.717, 1.165) is 19.5 Å². The lowest BCUT2D eigenvalue weighted by molar-refractivity contribution is 0.0659. The van der Waals surface area contributed by atoms with E-state index in [1.807, 2.05) is 0 Å². The van der Waals surface area contributed by atoms with Crippen LogP contribution in [-0.4, -0.2) is 42.2 Å². The molecule has 0 spiro atoms. The summed E-state index contributed by atoms with van der Waals surface area (Å²) in [4.78, 5) is 13.1. The average molecular weight is 238 g/mol. The fraction of sp³-hybridized carbons (Fsp3) is 0.583. The fourth-order valence-corrected chi connectivity index (χ4v) is 2.19. The van der Waals surface area contributed by atoms with Crippen LogP contribution in [0.4, 0.5) is 0 Å². The summed E-state index contributed by atoms with van der Waals surface area (Å²) >= 11 is 0. The van der Waals surface area contributed by atoms with Crippen molar-refractivity contribution in [3.63, 3.8) is 0 Å². The largest absolute Gasteiger partial charge is 0.475 e. The van der Waals surface area contributed by atoms with Crippen LogP contribution in [0.5, 0.6) is 0 Å². The van der Waals surface area contributed by atoms with Gasteiger partial charge < -0.3 is 19.7 Å². The lowest BCUT2D eigenvalue weighted by atomic mass is 10.2. The molecule has 94 valence electrons. The number of nitrogens with zero attached hydrogens (tertiary/aromatic N) is 1. The fourth-order valence-electron chi connectivity index (χ4n) is 2.19. The van der Waals surface area contributed by atoms with Gasteiger partial charge in [-0.1, -0.05) is 0 Å². The number of aromatic carboxylic acids is 1. The Kier molecular flexibility index (Phi) is 3.49. The quantitative estimate of drug-likeness (QED) is 0.821. The third-order valence-corrected chi connectivity index (χ3v) is 3.12. The second kappa shape index (κ2) is 4.89. The molecular weight excluding hydrogens is 220 g/mol. The number of hydrogen-bond donors (Lipinski definition) is 2. The molecule has 2 N–H and O–H groups in total. The molecule has 1 aliphatic heterocycles. The first kappa shape index (κ1) is 12.1. The van der Waals surface area contributed by atoms with Gasteiger partial charge in [0.2, 0.25) is 5.76 Å². The van der Waals surface area contributed by atoms with Crippen LogP contribution in [-0.2, 0) is 6.54 Å². The van der Waals surface area contributed by atoms with E-state index in [9.17, 15) is 4.79 Å². The standard InChI is InChI=1S/C12H18N2O3/c1-8-5-10(17-11(8)12(15)16)6-13-9-3-4-14(2)7-9/h5,9,13H,3-4,6-7H2,1-2H3,(H,15,16). The first-order valence-electron chi connectivity index (χ1n) is 5.81. The van der Waals surface area contributed by atoms with Crippen LogP contribution < -0.4 is 5.32 Å². The number of aryl methyl sites for hydroxylation is 1. The highest BCUT2D eigenvalue weighted by atomic mass is 16.4. The zero-order valence-corrected chi connectivity index (χ0v) is 10.2. The van der Waals surface area contributed by atoms with Crippen molar-refractivity contribution >= 4 is 5.97 Å². The Morgan fingerprint density at radius 2 is 2.47 bits per heavy atom. The molecule has 5 nitrogen and oxygen atoms in total. The molecule has 1 aromatic rings. The summed E-state index contributed by atoms with van der Waals surface area (Å²) in [5, 5.41) is 12.3. The molecule has 1 atom stereocenters. The maximum Gasteiger partial charge on any atom is 0.372 e. The van der Waals surface area contributed by atoms with Crippen LogP contribution in [0.15, 0.2) is 10.5 Å². The van der Waals surface area contributed by atoms with Gasteiger partial charge in [-0.2, -0.15) is 0 Å². The number of carboxylic acid groups (broad SMARTS) is 1. The first-order chi connectivity index (χ1) is 8.06. The van der Waals surface area contributed by atoms with Gasteiger partial charge in [0.15, 0.2) is 0 Å². The van der Waals surface area contributed by atoms with Gasteiger partial charge >= 0.3 is 5.97 Å². The summed E-state index contributed by atoms with van der Waals surface area (Å²) < 4.78 is 5.29. The van der Waals surface area contributed by atoms with E-state index in [2.05, 4.69) is 17.3 Å². The highest BCUT2D eigenvalue weighted by Gasteiger charge is 2.20. The van der Waals surface area contributed by atoms with E-state index in [4.69, 9.17) is 9.52 Å². The minimum atomic E-state index is -1.01. The molecule has 2 rings (SSSR count). The summed E-state index contributed by atoms with van der Waals surface area (Å²) in [5.74, 6) is -0.269. The lowest BCUT2D eigenvalue weighted by Gasteiger charge is -2.11. The number of likely N-dealkylation sites (tertiary alicyclic amines) is 1. The van der Waals surface area contributed by atoms with Gasteiger partial charge in [0, 0.05) is 18.2 Å². The minimum Gasteiger partial charge on any atom is -0.475 e. The second-order valence-corrected chi connectivity index (χ2v) is 4.66. The zero-order chi connectivity index (χ0) is 12.4.